The zero-order valence-corrected chi connectivity index (χ0v) is 24.8. The number of carbonyl (C=O) groups is 5. The van der Waals surface area contributed by atoms with E-state index in [9.17, 15) is 24.0 Å². The SMILES string of the molecule is CC/C=C\C/C=C\C/C=C\C/C=C\C/C=C\C/C=C\CCC(=O)Nc1cccc2c1C(=O)N(C1CCC(=O)NC1=O)C2=O. The molecule has 2 heterocycles. The van der Waals surface area contributed by atoms with Crippen LogP contribution in [0.5, 0.6) is 0 Å². The molecule has 0 saturated carbocycles. The summed E-state index contributed by atoms with van der Waals surface area (Å²) in [5.41, 5.74) is 0.433. The largest absolute Gasteiger partial charge is 0.325 e. The summed E-state index contributed by atoms with van der Waals surface area (Å²) in [6, 6.07) is 3.59. The number of hydrogen-bond acceptors (Lipinski definition) is 5. The molecule has 2 aliphatic heterocycles. The lowest BCUT2D eigenvalue weighted by molar-refractivity contribution is -0.136. The number of imide groups is 2. The van der Waals surface area contributed by atoms with Crippen molar-refractivity contribution >= 4 is 35.2 Å². The van der Waals surface area contributed by atoms with Gasteiger partial charge in [-0.3, -0.25) is 34.2 Å². The summed E-state index contributed by atoms with van der Waals surface area (Å²) in [5, 5.41) is 4.91. The van der Waals surface area contributed by atoms with E-state index in [1.54, 1.807) is 12.1 Å². The monoisotopic (exact) mass is 583 g/mol. The minimum absolute atomic E-state index is 0.0437. The molecule has 1 aromatic rings. The molecule has 0 aromatic heterocycles. The molecule has 1 atom stereocenters. The molecular weight excluding hydrogens is 542 g/mol. The van der Waals surface area contributed by atoms with Gasteiger partial charge in [0, 0.05) is 12.8 Å². The Hall–Kier alpha value is -4.59. The van der Waals surface area contributed by atoms with Gasteiger partial charge in [-0.15, -0.1) is 0 Å². The maximum Gasteiger partial charge on any atom is 0.264 e. The smallest absolute Gasteiger partial charge is 0.264 e. The maximum atomic E-state index is 13.1. The molecule has 0 spiro atoms. The molecule has 1 fully saturated rings. The summed E-state index contributed by atoms with van der Waals surface area (Å²) in [7, 11) is 0. The third-order valence-corrected chi connectivity index (χ3v) is 6.88. The van der Waals surface area contributed by atoms with Crippen LogP contribution < -0.4 is 10.6 Å². The van der Waals surface area contributed by atoms with Crippen molar-refractivity contribution in [2.45, 2.75) is 77.2 Å². The van der Waals surface area contributed by atoms with Crippen LogP contribution in [0.25, 0.3) is 0 Å². The van der Waals surface area contributed by atoms with Gasteiger partial charge in [-0.1, -0.05) is 85.9 Å². The van der Waals surface area contributed by atoms with E-state index in [0.29, 0.717) is 6.42 Å². The molecular formula is C35H41N3O5. The van der Waals surface area contributed by atoms with Crippen molar-refractivity contribution in [2.75, 3.05) is 5.32 Å². The Morgan fingerprint density at radius 3 is 1.93 bits per heavy atom. The number of nitrogens with zero attached hydrogens (tertiary/aromatic N) is 1. The number of fused-ring (bicyclic) bond motifs is 1. The molecule has 3 rings (SSSR count). The highest BCUT2D eigenvalue weighted by Gasteiger charge is 2.45. The number of allylic oxidation sites excluding steroid dienone is 12. The van der Waals surface area contributed by atoms with Crippen molar-refractivity contribution in [1.82, 2.24) is 10.2 Å². The first-order chi connectivity index (χ1) is 20.9. The molecule has 226 valence electrons. The third-order valence-electron chi connectivity index (χ3n) is 6.88. The lowest BCUT2D eigenvalue weighted by Crippen LogP contribution is -2.54. The highest BCUT2D eigenvalue weighted by atomic mass is 16.2. The molecule has 1 unspecified atom stereocenters. The number of amides is 5. The van der Waals surface area contributed by atoms with E-state index in [0.717, 1.165) is 43.4 Å². The number of carbonyl (C=O) groups excluding carboxylic acids is 5. The van der Waals surface area contributed by atoms with Gasteiger partial charge >= 0.3 is 0 Å². The molecule has 5 amide bonds. The van der Waals surface area contributed by atoms with Crippen LogP contribution in [0.15, 0.2) is 91.1 Å². The Bertz CT molecular complexity index is 1350. The fourth-order valence-electron chi connectivity index (χ4n) is 4.69. The summed E-state index contributed by atoms with van der Waals surface area (Å²) < 4.78 is 0. The van der Waals surface area contributed by atoms with Crippen LogP contribution in [-0.4, -0.2) is 40.5 Å². The predicted molar refractivity (Wildman–Crippen MR) is 169 cm³/mol. The molecule has 0 radical (unpaired) electrons. The minimum Gasteiger partial charge on any atom is -0.325 e. The van der Waals surface area contributed by atoms with Crippen molar-refractivity contribution in [3.8, 4) is 0 Å². The van der Waals surface area contributed by atoms with Crippen LogP contribution in [0.1, 0.15) is 91.8 Å². The van der Waals surface area contributed by atoms with Crippen molar-refractivity contribution < 1.29 is 24.0 Å². The van der Waals surface area contributed by atoms with Gasteiger partial charge in [-0.05, 0) is 63.5 Å². The van der Waals surface area contributed by atoms with Crippen molar-refractivity contribution in [3.05, 3.63) is 102 Å². The van der Waals surface area contributed by atoms with Gasteiger partial charge in [0.15, 0.2) is 0 Å². The molecule has 0 aliphatic carbocycles. The molecule has 1 saturated heterocycles. The Balaban J connectivity index is 1.34. The summed E-state index contributed by atoms with van der Waals surface area (Å²) in [6.07, 6.45) is 32.0. The van der Waals surface area contributed by atoms with E-state index in [1.165, 1.54) is 6.07 Å². The van der Waals surface area contributed by atoms with Gasteiger partial charge in [0.25, 0.3) is 11.8 Å². The number of hydrogen-bond donors (Lipinski definition) is 2. The zero-order chi connectivity index (χ0) is 30.9. The highest BCUT2D eigenvalue weighted by Crippen LogP contribution is 2.32. The molecule has 2 aliphatic rings. The van der Waals surface area contributed by atoms with Crippen LogP contribution in [0.2, 0.25) is 0 Å². The van der Waals surface area contributed by atoms with E-state index in [2.05, 4.69) is 78.3 Å². The minimum atomic E-state index is -1.05. The quantitative estimate of drug-likeness (QED) is 0.170. The maximum absolute atomic E-state index is 13.1. The summed E-state index contributed by atoms with van der Waals surface area (Å²) in [4.78, 5) is 63.3. The molecule has 8 nitrogen and oxygen atoms in total. The summed E-state index contributed by atoms with van der Waals surface area (Å²) in [5.74, 6) is -2.65. The Labute approximate surface area is 254 Å². The summed E-state index contributed by atoms with van der Waals surface area (Å²) >= 11 is 0. The summed E-state index contributed by atoms with van der Waals surface area (Å²) in [6.45, 7) is 2.13. The predicted octanol–water partition coefficient (Wildman–Crippen LogP) is 6.50. The second-order valence-corrected chi connectivity index (χ2v) is 10.2. The van der Waals surface area contributed by atoms with Gasteiger partial charge in [0.1, 0.15) is 6.04 Å². The van der Waals surface area contributed by atoms with Crippen LogP contribution in [-0.2, 0) is 14.4 Å². The molecule has 2 N–H and O–H groups in total. The van der Waals surface area contributed by atoms with Gasteiger partial charge in [0.05, 0.1) is 16.8 Å². The van der Waals surface area contributed by atoms with Gasteiger partial charge < -0.3 is 5.32 Å². The van der Waals surface area contributed by atoms with Crippen molar-refractivity contribution in [1.29, 1.82) is 0 Å². The lowest BCUT2D eigenvalue weighted by atomic mass is 10.0. The van der Waals surface area contributed by atoms with Crippen molar-refractivity contribution in [2.24, 2.45) is 0 Å². The number of rotatable bonds is 16. The van der Waals surface area contributed by atoms with Crippen LogP contribution >= 0.6 is 0 Å². The number of benzene rings is 1. The van der Waals surface area contributed by atoms with Crippen LogP contribution in [0.4, 0.5) is 5.69 Å². The van der Waals surface area contributed by atoms with Gasteiger partial charge in [-0.25, -0.2) is 0 Å². The van der Waals surface area contributed by atoms with E-state index in [4.69, 9.17) is 0 Å². The molecule has 0 bridgehead atoms. The van der Waals surface area contributed by atoms with E-state index < -0.39 is 29.7 Å². The second-order valence-electron chi connectivity index (χ2n) is 10.2. The van der Waals surface area contributed by atoms with Gasteiger partial charge in [0.2, 0.25) is 17.7 Å². The first kappa shape index (κ1) is 32.9. The van der Waals surface area contributed by atoms with E-state index in [1.807, 2.05) is 12.2 Å². The first-order valence-electron chi connectivity index (χ1n) is 15.0. The van der Waals surface area contributed by atoms with E-state index in [-0.39, 0.29) is 42.0 Å². The number of piperidine rings is 1. The normalized spacial score (nSPS) is 17.6. The van der Waals surface area contributed by atoms with Gasteiger partial charge in [-0.2, -0.15) is 0 Å². The highest BCUT2D eigenvalue weighted by molar-refractivity contribution is 6.26. The number of anilines is 1. The average molecular weight is 584 g/mol. The van der Waals surface area contributed by atoms with Crippen LogP contribution in [0, 0.1) is 0 Å². The average Bonchev–Trinajstić information content (AvgIpc) is 3.24. The topological polar surface area (TPSA) is 113 Å². The molecule has 43 heavy (non-hydrogen) atoms. The standard InChI is InChI=1S/C35H41N3O5/c1-2-3-4-5-6-7-8-9-10-11-12-13-14-15-16-17-18-19-20-24-30(39)36-28-23-21-22-27-32(28)35(43)38(34(27)42)29-25-26-31(40)37-33(29)41/h3-4,6-7,9-10,12-13,15-16,18-19,21-23,29H,2,5,8,11,14,17,20,24-26H2,1H3,(H,36,39)(H,37,40,41)/b4-3-,7-6-,10-9-,13-12-,16-15-,19-18-. The Morgan fingerprint density at radius 2 is 1.37 bits per heavy atom. The number of nitrogens with one attached hydrogen (secondary N) is 2. The Morgan fingerprint density at radius 1 is 0.814 bits per heavy atom. The molecule has 8 heteroatoms. The lowest BCUT2D eigenvalue weighted by Gasteiger charge is -2.27. The van der Waals surface area contributed by atoms with E-state index >= 15 is 0 Å². The third kappa shape index (κ3) is 10.3. The zero-order valence-electron chi connectivity index (χ0n) is 24.8. The molecule has 1 aromatic carbocycles. The van der Waals surface area contributed by atoms with Crippen LogP contribution in [0.3, 0.4) is 0 Å². The second kappa shape index (κ2) is 18.1. The first-order valence-corrected chi connectivity index (χ1v) is 15.0. The fourth-order valence-corrected chi connectivity index (χ4v) is 4.69. The van der Waals surface area contributed by atoms with Crippen molar-refractivity contribution in [3.63, 3.8) is 0 Å². The Kier molecular flexibility index (Phi) is 13.8. The fraction of sp³-hybridized carbons (Fsp3) is 0.343.